The summed E-state index contributed by atoms with van der Waals surface area (Å²) in [5.41, 5.74) is 0.569. The van der Waals surface area contributed by atoms with Crippen molar-refractivity contribution < 1.29 is 13.2 Å². The summed E-state index contributed by atoms with van der Waals surface area (Å²) >= 11 is 12.0. The highest BCUT2D eigenvalue weighted by Crippen LogP contribution is 2.29. The Kier molecular flexibility index (Phi) is 6.49. The standard InChI is InChI=1S/C14H20Cl2N2O3S/c1-11-12(15)3-4-13(14(11)16)22(19,20)17-5-2-6-18-7-9-21-10-8-18/h3-4,17H,2,5-10H2,1H3. The van der Waals surface area contributed by atoms with Crippen LogP contribution in [0.15, 0.2) is 17.0 Å². The SMILES string of the molecule is Cc1c(Cl)ccc(S(=O)(=O)NCCCN2CCOCC2)c1Cl. The molecule has 1 aliphatic rings. The summed E-state index contributed by atoms with van der Waals surface area (Å²) in [5, 5.41) is 0.629. The first-order valence-corrected chi connectivity index (χ1v) is 9.40. The maximum atomic E-state index is 12.3. The van der Waals surface area contributed by atoms with E-state index in [1.54, 1.807) is 13.0 Å². The third-order valence-electron chi connectivity index (χ3n) is 3.62. The average molecular weight is 367 g/mol. The van der Waals surface area contributed by atoms with Gasteiger partial charge in [-0.3, -0.25) is 4.90 Å². The van der Waals surface area contributed by atoms with Crippen molar-refractivity contribution in [1.82, 2.24) is 9.62 Å². The van der Waals surface area contributed by atoms with Crippen LogP contribution < -0.4 is 4.72 Å². The molecule has 8 heteroatoms. The van der Waals surface area contributed by atoms with Crippen molar-refractivity contribution in [2.24, 2.45) is 0 Å². The Hall–Kier alpha value is -0.370. The molecule has 1 saturated heterocycles. The molecule has 124 valence electrons. The fourth-order valence-electron chi connectivity index (χ4n) is 2.26. The van der Waals surface area contributed by atoms with E-state index in [-0.39, 0.29) is 9.92 Å². The van der Waals surface area contributed by atoms with E-state index in [9.17, 15) is 8.42 Å². The molecule has 5 nitrogen and oxygen atoms in total. The maximum Gasteiger partial charge on any atom is 0.242 e. The van der Waals surface area contributed by atoms with Crippen LogP contribution in [0.2, 0.25) is 10.0 Å². The largest absolute Gasteiger partial charge is 0.379 e. The van der Waals surface area contributed by atoms with Gasteiger partial charge in [-0.15, -0.1) is 0 Å². The van der Waals surface area contributed by atoms with Crippen LogP contribution in [0, 0.1) is 6.92 Å². The molecule has 0 bridgehead atoms. The van der Waals surface area contributed by atoms with Gasteiger partial charge in [-0.2, -0.15) is 0 Å². The van der Waals surface area contributed by atoms with E-state index in [2.05, 4.69) is 9.62 Å². The predicted molar refractivity (Wildman–Crippen MR) is 88.3 cm³/mol. The second-order valence-corrected chi connectivity index (χ2v) is 7.71. The Morgan fingerprint density at radius 3 is 2.64 bits per heavy atom. The highest BCUT2D eigenvalue weighted by molar-refractivity contribution is 7.89. The van der Waals surface area contributed by atoms with Gasteiger partial charge in [0.05, 0.1) is 18.2 Å². The van der Waals surface area contributed by atoms with Crippen molar-refractivity contribution in [3.63, 3.8) is 0 Å². The lowest BCUT2D eigenvalue weighted by Crippen LogP contribution is -2.38. The van der Waals surface area contributed by atoms with Crippen molar-refractivity contribution in [1.29, 1.82) is 0 Å². The fraction of sp³-hybridized carbons (Fsp3) is 0.571. The van der Waals surface area contributed by atoms with Gasteiger partial charge in [-0.25, -0.2) is 13.1 Å². The minimum Gasteiger partial charge on any atom is -0.379 e. The Morgan fingerprint density at radius 1 is 1.27 bits per heavy atom. The fourth-order valence-corrected chi connectivity index (χ4v) is 4.14. The van der Waals surface area contributed by atoms with Crippen LogP contribution in [0.4, 0.5) is 0 Å². The molecule has 1 aromatic rings. The van der Waals surface area contributed by atoms with Gasteiger partial charge < -0.3 is 4.74 Å². The Morgan fingerprint density at radius 2 is 1.95 bits per heavy atom. The Bertz CT molecular complexity index is 617. The average Bonchev–Trinajstić information content (AvgIpc) is 2.50. The molecule has 0 atom stereocenters. The summed E-state index contributed by atoms with van der Waals surface area (Å²) < 4.78 is 32.5. The number of sulfonamides is 1. The molecule has 0 saturated carbocycles. The summed E-state index contributed by atoms with van der Waals surface area (Å²) in [6, 6.07) is 2.98. The van der Waals surface area contributed by atoms with Crippen molar-refractivity contribution >= 4 is 33.2 Å². The Labute approximate surface area is 141 Å². The van der Waals surface area contributed by atoms with E-state index in [1.165, 1.54) is 6.07 Å². The van der Waals surface area contributed by atoms with E-state index in [0.29, 0.717) is 17.1 Å². The summed E-state index contributed by atoms with van der Waals surface area (Å²) in [4.78, 5) is 2.33. The molecule has 2 rings (SSSR count). The van der Waals surface area contributed by atoms with Crippen LogP contribution in [-0.4, -0.2) is 52.7 Å². The number of halogens is 2. The highest BCUT2D eigenvalue weighted by Gasteiger charge is 2.20. The van der Waals surface area contributed by atoms with E-state index < -0.39 is 10.0 Å². The number of rotatable bonds is 6. The van der Waals surface area contributed by atoms with Gasteiger partial charge in [0, 0.05) is 24.7 Å². The van der Waals surface area contributed by atoms with E-state index in [0.717, 1.165) is 39.3 Å². The van der Waals surface area contributed by atoms with Gasteiger partial charge >= 0.3 is 0 Å². The summed E-state index contributed by atoms with van der Waals surface area (Å²) in [5.74, 6) is 0. The molecule has 22 heavy (non-hydrogen) atoms. The van der Waals surface area contributed by atoms with Crippen LogP contribution in [0.1, 0.15) is 12.0 Å². The normalized spacial score (nSPS) is 16.9. The first-order valence-electron chi connectivity index (χ1n) is 7.16. The zero-order chi connectivity index (χ0) is 16.2. The lowest BCUT2D eigenvalue weighted by molar-refractivity contribution is 0.0376. The molecule has 1 aliphatic heterocycles. The first kappa shape index (κ1) is 18.0. The topological polar surface area (TPSA) is 58.6 Å². The number of hydrogen-bond acceptors (Lipinski definition) is 4. The molecule has 0 amide bonds. The number of ether oxygens (including phenoxy) is 1. The van der Waals surface area contributed by atoms with Crippen molar-refractivity contribution in [3.05, 3.63) is 27.7 Å². The maximum absolute atomic E-state index is 12.3. The van der Waals surface area contributed by atoms with Gasteiger partial charge in [0.2, 0.25) is 10.0 Å². The zero-order valence-corrected chi connectivity index (χ0v) is 14.8. The minimum atomic E-state index is -3.62. The number of nitrogens with zero attached hydrogens (tertiary/aromatic N) is 1. The zero-order valence-electron chi connectivity index (χ0n) is 12.4. The number of hydrogen-bond donors (Lipinski definition) is 1. The first-order chi connectivity index (χ1) is 10.4. The minimum absolute atomic E-state index is 0.0717. The van der Waals surface area contributed by atoms with Gasteiger partial charge in [0.15, 0.2) is 0 Å². The second kappa shape index (κ2) is 7.95. The van der Waals surface area contributed by atoms with Crippen LogP contribution >= 0.6 is 23.2 Å². The molecule has 0 unspecified atom stereocenters. The predicted octanol–water partition coefficient (Wildman–Crippen LogP) is 2.30. The third-order valence-corrected chi connectivity index (χ3v) is 6.13. The third kappa shape index (κ3) is 4.57. The quantitative estimate of drug-likeness (QED) is 0.784. The molecule has 1 aromatic carbocycles. The summed E-state index contributed by atoms with van der Waals surface area (Å²) in [6.45, 7) is 6.19. The van der Waals surface area contributed by atoms with Crippen LogP contribution in [0.3, 0.4) is 0 Å². The lowest BCUT2D eigenvalue weighted by atomic mass is 10.2. The van der Waals surface area contributed by atoms with Crippen LogP contribution in [0.5, 0.6) is 0 Å². The van der Waals surface area contributed by atoms with Crippen molar-refractivity contribution in [2.75, 3.05) is 39.4 Å². The van der Waals surface area contributed by atoms with E-state index in [1.807, 2.05) is 0 Å². The molecular weight excluding hydrogens is 347 g/mol. The van der Waals surface area contributed by atoms with Gasteiger partial charge in [0.1, 0.15) is 4.90 Å². The van der Waals surface area contributed by atoms with Crippen molar-refractivity contribution in [3.8, 4) is 0 Å². The smallest absolute Gasteiger partial charge is 0.242 e. The number of benzene rings is 1. The highest BCUT2D eigenvalue weighted by atomic mass is 35.5. The number of nitrogens with one attached hydrogen (secondary N) is 1. The van der Waals surface area contributed by atoms with Gasteiger partial charge in [-0.05, 0) is 37.6 Å². The molecule has 0 aliphatic carbocycles. The van der Waals surface area contributed by atoms with E-state index in [4.69, 9.17) is 27.9 Å². The van der Waals surface area contributed by atoms with E-state index >= 15 is 0 Å². The molecule has 0 radical (unpaired) electrons. The molecule has 1 heterocycles. The van der Waals surface area contributed by atoms with Crippen molar-refractivity contribution in [2.45, 2.75) is 18.2 Å². The lowest BCUT2D eigenvalue weighted by Gasteiger charge is -2.26. The molecule has 1 fully saturated rings. The van der Waals surface area contributed by atoms with Crippen LogP contribution in [0.25, 0.3) is 0 Å². The molecular formula is C14H20Cl2N2O3S. The van der Waals surface area contributed by atoms with Gasteiger partial charge in [-0.1, -0.05) is 23.2 Å². The summed E-state index contributed by atoms with van der Waals surface area (Å²) in [6.07, 6.45) is 0.740. The molecule has 0 spiro atoms. The Balaban J connectivity index is 1.90. The molecule has 0 aromatic heterocycles. The number of morpholine rings is 1. The van der Waals surface area contributed by atoms with Gasteiger partial charge in [0.25, 0.3) is 0 Å². The second-order valence-electron chi connectivity index (χ2n) is 5.19. The monoisotopic (exact) mass is 366 g/mol. The summed E-state index contributed by atoms with van der Waals surface area (Å²) in [7, 11) is -3.62. The molecule has 1 N–H and O–H groups in total. The van der Waals surface area contributed by atoms with Crippen LogP contribution in [-0.2, 0) is 14.8 Å².